The Morgan fingerprint density at radius 1 is 1.17 bits per heavy atom. The molecule has 1 aromatic heterocycles. The Morgan fingerprint density at radius 3 is 2.59 bits per heavy atom. The van der Waals surface area contributed by atoms with Crippen LogP contribution in [-0.2, 0) is 11.2 Å². The molecule has 6 nitrogen and oxygen atoms in total. The average Bonchev–Trinajstić information content (AvgIpc) is 3.13. The monoisotopic (exact) mass is 425 g/mol. The first-order valence-corrected chi connectivity index (χ1v) is 10.4. The molecule has 0 radical (unpaired) electrons. The number of rotatable bonds is 8. The Labute approximate surface area is 179 Å². The van der Waals surface area contributed by atoms with Crippen molar-refractivity contribution < 1.29 is 4.79 Å². The second kappa shape index (κ2) is 10.1. The summed E-state index contributed by atoms with van der Waals surface area (Å²) in [7, 11) is 1.70. The lowest BCUT2D eigenvalue weighted by molar-refractivity contribution is -0.127. The zero-order valence-corrected chi connectivity index (χ0v) is 17.5. The molecule has 29 heavy (non-hydrogen) atoms. The molecule has 148 valence electrons. The molecule has 0 saturated heterocycles. The quantitative estimate of drug-likeness (QED) is 0.510. The summed E-state index contributed by atoms with van der Waals surface area (Å²) in [4.78, 5) is 13.9. The zero-order valence-electron chi connectivity index (χ0n) is 16.0. The fourth-order valence-corrected chi connectivity index (χ4v) is 3.75. The van der Waals surface area contributed by atoms with E-state index in [2.05, 4.69) is 16.3 Å². The number of amides is 1. The van der Waals surface area contributed by atoms with Gasteiger partial charge in [0.2, 0.25) is 5.91 Å². The van der Waals surface area contributed by atoms with Crippen molar-refractivity contribution in [2.45, 2.75) is 18.0 Å². The van der Waals surface area contributed by atoms with Gasteiger partial charge in [0.15, 0.2) is 5.16 Å². The molecule has 0 aliphatic rings. The van der Waals surface area contributed by atoms with Crippen LogP contribution < -0.4 is 0 Å². The molecular weight excluding hydrogens is 406 g/mol. The fourth-order valence-electron chi connectivity index (χ4n) is 2.72. The van der Waals surface area contributed by atoms with Crippen molar-refractivity contribution in [2.75, 3.05) is 19.3 Å². The SMILES string of the molecule is CN(CCC#N)C(=O)CSc1nnc(Cc2ccccc2)n1-c1ccc(Cl)cc1. The zero-order chi connectivity index (χ0) is 20.6. The number of aromatic nitrogens is 3. The summed E-state index contributed by atoms with van der Waals surface area (Å²) in [5, 5.41) is 18.7. The highest BCUT2D eigenvalue weighted by molar-refractivity contribution is 7.99. The van der Waals surface area contributed by atoms with Gasteiger partial charge < -0.3 is 4.90 Å². The molecule has 2 aromatic carbocycles. The van der Waals surface area contributed by atoms with Gasteiger partial charge in [0.05, 0.1) is 18.2 Å². The average molecular weight is 426 g/mol. The smallest absolute Gasteiger partial charge is 0.232 e. The molecule has 0 aliphatic heterocycles. The molecule has 0 fully saturated rings. The molecule has 3 aromatic rings. The van der Waals surface area contributed by atoms with Gasteiger partial charge in [0.25, 0.3) is 0 Å². The summed E-state index contributed by atoms with van der Waals surface area (Å²) >= 11 is 7.37. The van der Waals surface area contributed by atoms with Gasteiger partial charge in [0, 0.05) is 30.7 Å². The van der Waals surface area contributed by atoms with E-state index in [-0.39, 0.29) is 11.7 Å². The van der Waals surface area contributed by atoms with E-state index in [0.717, 1.165) is 17.1 Å². The van der Waals surface area contributed by atoms with Crippen LogP contribution in [0.1, 0.15) is 17.8 Å². The van der Waals surface area contributed by atoms with E-state index in [0.29, 0.717) is 29.6 Å². The van der Waals surface area contributed by atoms with Crippen LogP contribution >= 0.6 is 23.4 Å². The Hall–Kier alpha value is -2.82. The normalized spacial score (nSPS) is 10.5. The molecular formula is C21H20ClN5OS. The van der Waals surface area contributed by atoms with Crippen LogP contribution in [0.5, 0.6) is 0 Å². The number of halogens is 1. The van der Waals surface area contributed by atoms with Crippen molar-refractivity contribution in [1.29, 1.82) is 5.26 Å². The Balaban J connectivity index is 1.84. The number of benzene rings is 2. The van der Waals surface area contributed by atoms with Crippen LogP contribution in [-0.4, -0.2) is 44.9 Å². The molecule has 0 aliphatic carbocycles. The van der Waals surface area contributed by atoms with Crippen LogP contribution in [0, 0.1) is 11.3 Å². The highest BCUT2D eigenvalue weighted by Crippen LogP contribution is 2.25. The summed E-state index contributed by atoms with van der Waals surface area (Å²) in [5.74, 6) is 0.950. The standard InChI is InChI=1S/C21H20ClN5OS/c1-26(13-5-12-23)20(28)15-29-21-25-24-19(14-16-6-3-2-4-7-16)27(21)18-10-8-17(22)9-11-18/h2-4,6-11H,5,13-15H2,1H3. The molecule has 0 N–H and O–H groups in total. The Kier molecular flexibility index (Phi) is 7.28. The van der Waals surface area contributed by atoms with E-state index < -0.39 is 0 Å². The van der Waals surface area contributed by atoms with Gasteiger partial charge in [-0.15, -0.1) is 10.2 Å². The third-order valence-electron chi connectivity index (χ3n) is 4.30. The first-order chi connectivity index (χ1) is 14.1. The number of hydrogen-bond donors (Lipinski definition) is 0. The lowest BCUT2D eigenvalue weighted by atomic mass is 10.1. The number of carbonyl (C=O) groups excluding carboxylic acids is 1. The predicted molar refractivity (Wildman–Crippen MR) is 114 cm³/mol. The third-order valence-corrected chi connectivity index (χ3v) is 5.47. The van der Waals surface area contributed by atoms with Gasteiger partial charge in [-0.2, -0.15) is 5.26 Å². The van der Waals surface area contributed by atoms with Gasteiger partial charge in [-0.3, -0.25) is 9.36 Å². The molecule has 0 saturated carbocycles. The minimum atomic E-state index is -0.0551. The minimum absolute atomic E-state index is 0.0551. The highest BCUT2D eigenvalue weighted by Gasteiger charge is 2.17. The second-order valence-corrected chi connectivity index (χ2v) is 7.76. The predicted octanol–water partition coefficient (Wildman–Crippen LogP) is 3.98. The maximum absolute atomic E-state index is 12.3. The minimum Gasteiger partial charge on any atom is -0.344 e. The molecule has 8 heteroatoms. The van der Waals surface area contributed by atoms with Crippen molar-refractivity contribution in [3.05, 3.63) is 71.0 Å². The number of hydrogen-bond acceptors (Lipinski definition) is 5. The van der Waals surface area contributed by atoms with Crippen molar-refractivity contribution >= 4 is 29.3 Å². The first kappa shape index (κ1) is 20.9. The van der Waals surface area contributed by atoms with Gasteiger partial charge in [0.1, 0.15) is 5.82 Å². The van der Waals surface area contributed by atoms with Crippen molar-refractivity contribution in [1.82, 2.24) is 19.7 Å². The highest BCUT2D eigenvalue weighted by atomic mass is 35.5. The molecule has 0 atom stereocenters. The third kappa shape index (κ3) is 5.59. The second-order valence-electron chi connectivity index (χ2n) is 6.39. The summed E-state index contributed by atoms with van der Waals surface area (Å²) in [5.41, 5.74) is 2.01. The number of nitrogens with zero attached hydrogens (tertiary/aromatic N) is 5. The molecule has 1 amide bonds. The van der Waals surface area contributed by atoms with E-state index in [4.69, 9.17) is 16.9 Å². The van der Waals surface area contributed by atoms with E-state index in [1.165, 1.54) is 11.8 Å². The molecule has 0 spiro atoms. The van der Waals surface area contributed by atoms with Crippen molar-refractivity contribution in [3.63, 3.8) is 0 Å². The van der Waals surface area contributed by atoms with Gasteiger partial charge in [-0.1, -0.05) is 53.7 Å². The molecule has 0 unspecified atom stereocenters. The van der Waals surface area contributed by atoms with Crippen LogP contribution in [0.4, 0.5) is 0 Å². The maximum Gasteiger partial charge on any atom is 0.232 e. The van der Waals surface area contributed by atoms with Crippen LogP contribution in [0.25, 0.3) is 5.69 Å². The van der Waals surface area contributed by atoms with E-state index in [9.17, 15) is 4.79 Å². The van der Waals surface area contributed by atoms with Crippen molar-refractivity contribution in [3.8, 4) is 11.8 Å². The van der Waals surface area contributed by atoms with Crippen molar-refractivity contribution in [2.24, 2.45) is 0 Å². The van der Waals surface area contributed by atoms with Gasteiger partial charge in [-0.05, 0) is 29.8 Å². The van der Waals surface area contributed by atoms with Crippen LogP contribution in [0.15, 0.2) is 59.8 Å². The van der Waals surface area contributed by atoms with E-state index >= 15 is 0 Å². The lowest BCUT2D eigenvalue weighted by Gasteiger charge is -2.15. The fraction of sp³-hybridized carbons (Fsp3) is 0.238. The molecule has 0 bridgehead atoms. The van der Waals surface area contributed by atoms with Crippen LogP contribution in [0.2, 0.25) is 5.02 Å². The number of carbonyl (C=O) groups is 1. The maximum atomic E-state index is 12.3. The number of nitriles is 1. The Morgan fingerprint density at radius 2 is 1.90 bits per heavy atom. The summed E-state index contributed by atoms with van der Waals surface area (Å²) < 4.78 is 1.95. The molecule has 3 rings (SSSR count). The first-order valence-electron chi connectivity index (χ1n) is 9.06. The largest absolute Gasteiger partial charge is 0.344 e. The lowest BCUT2D eigenvalue weighted by Crippen LogP contribution is -2.29. The summed E-state index contributed by atoms with van der Waals surface area (Å²) in [6.45, 7) is 0.416. The van der Waals surface area contributed by atoms with E-state index in [1.807, 2.05) is 59.2 Å². The number of thioether (sulfide) groups is 1. The molecule has 1 heterocycles. The van der Waals surface area contributed by atoms with Gasteiger partial charge in [-0.25, -0.2) is 0 Å². The van der Waals surface area contributed by atoms with Crippen LogP contribution in [0.3, 0.4) is 0 Å². The van der Waals surface area contributed by atoms with Gasteiger partial charge >= 0.3 is 0 Å². The summed E-state index contributed by atoms with van der Waals surface area (Å²) in [6.07, 6.45) is 0.933. The summed E-state index contributed by atoms with van der Waals surface area (Å²) in [6, 6.07) is 19.5. The Bertz CT molecular complexity index is 998. The topological polar surface area (TPSA) is 74.8 Å². The van der Waals surface area contributed by atoms with E-state index in [1.54, 1.807) is 11.9 Å².